The minimum atomic E-state index is 0.548. The predicted octanol–water partition coefficient (Wildman–Crippen LogP) is 4.11. The van der Waals surface area contributed by atoms with Crippen molar-refractivity contribution in [2.45, 2.75) is 6.92 Å². The molecule has 0 fully saturated rings. The highest BCUT2D eigenvalue weighted by Crippen LogP contribution is 2.18. The third-order valence-electron chi connectivity index (χ3n) is 2.66. The first-order valence-corrected chi connectivity index (χ1v) is 6.81. The van der Waals surface area contributed by atoms with Gasteiger partial charge < -0.3 is 15.4 Å². The van der Waals surface area contributed by atoms with Crippen molar-refractivity contribution >= 4 is 17.7 Å². The largest absolute Gasteiger partial charge is 0.494 e. The Morgan fingerprint density at radius 3 is 2.67 bits per heavy atom. The molecule has 0 aromatic heterocycles. The van der Waals surface area contributed by atoms with Crippen LogP contribution < -0.4 is 15.4 Å². The lowest BCUT2D eigenvalue weighted by molar-refractivity contribution is 0.340. The average molecular weight is 281 g/mol. The lowest BCUT2D eigenvalue weighted by Crippen LogP contribution is -2.00. The third-order valence-corrected chi connectivity index (χ3v) is 2.66. The highest BCUT2D eigenvalue weighted by atomic mass is 16.5. The zero-order chi connectivity index (χ0) is 14.9. The van der Waals surface area contributed by atoms with Crippen LogP contribution in [0.4, 0.5) is 11.4 Å². The Balaban J connectivity index is 1.88. The molecule has 0 unspecified atom stereocenters. The highest BCUT2D eigenvalue weighted by molar-refractivity contribution is 5.76. The van der Waals surface area contributed by atoms with Crippen molar-refractivity contribution in [1.82, 2.24) is 0 Å². The fraction of sp³-hybridized carbons (Fsp3) is 0.118. The Morgan fingerprint density at radius 2 is 1.90 bits per heavy atom. The third kappa shape index (κ3) is 5.03. The molecule has 21 heavy (non-hydrogen) atoms. The quantitative estimate of drug-likeness (QED) is 0.593. The van der Waals surface area contributed by atoms with Gasteiger partial charge in [0, 0.05) is 17.4 Å². The summed E-state index contributed by atoms with van der Waals surface area (Å²) in [5.41, 5.74) is 1.87. The molecule has 108 valence electrons. The standard InChI is InChI=1S/C17H19N3O/c1-3-21-17-11-7-10-16(12-17)20-14(2)18-13-19-15-8-5-4-6-9-15/h4-13,20H,2-3H2,1H3,(H,18,19). The number of para-hydroxylation sites is 1. The lowest BCUT2D eigenvalue weighted by Gasteiger charge is -2.08. The van der Waals surface area contributed by atoms with E-state index in [0.29, 0.717) is 12.4 Å². The molecule has 0 saturated carbocycles. The molecule has 0 radical (unpaired) electrons. The summed E-state index contributed by atoms with van der Waals surface area (Å²) in [5.74, 6) is 1.37. The van der Waals surface area contributed by atoms with Crippen molar-refractivity contribution < 1.29 is 4.74 Å². The summed E-state index contributed by atoms with van der Waals surface area (Å²) >= 11 is 0. The Kier molecular flexibility index (Phi) is 5.41. The topological polar surface area (TPSA) is 45.7 Å². The molecule has 2 aromatic carbocycles. The molecule has 0 bridgehead atoms. The van der Waals surface area contributed by atoms with Crippen LogP contribution in [0, 0.1) is 0 Å². The maximum atomic E-state index is 5.45. The fourth-order valence-electron chi connectivity index (χ4n) is 1.75. The molecule has 0 spiro atoms. The van der Waals surface area contributed by atoms with Crippen LogP contribution in [0.5, 0.6) is 5.75 Å². The van der Waals surface area contributed by atoms with Gasteiger partial charge in [0.05, 0.1) is 12.9 Å². The average Bonchev–Trinajstić information content (AvgIpc) is 2.49. The van der Waals surface area contributed by atoms with Crippen molar-refractivity contribution in [3.63, 3.8) is 0 Å². The van der Waals surface area contributed by atoms with Crippen LogP contribution in [-0.4, -0.2) is 12.9 Å². The molecule has 0 saturated heterocycles. The summed E-state index contributed by atoms with van der Waals surface area (Å²) in [6.45, 7) is 6.47. The molecular formula is C17H19N3O. The smallest absolute Gasteiger partial charge is 0.124 e. The summed E-state index contributed by atoms with van der Waals surface area (Å²) in [6.07, 6.45) is 1.61. The predicted molar refractivity (Wildman–Crippen MR) is 88.9 cm³/mol. The van der Waals surface area contributed by atoms with Crippen LogP contribution in [0.1, 0.15) is 6.92 Å². The van der Waals surface area contributed by atoms with Crippen LogP contribution in [0.25, 0.3) is 0 Å². The maximum Gasteiger partial charge on any atom is 0.124 e. The van der Waals surface area contributed by atoms with E-state index in [1.54, 1.807) is 6.34 Å². The van der Waals surface area contributed by atoms with Gasteiger partial charge in [0.25, 0.3) is 0 Å². The van der Waals surface area contributed by atoms with Crippen molar-refractivity contribution in [3.8, 4) is 5.75 Å². The second-order valence-electron chi connectivity index (χ2n) is 4.30. The van der Waals surface area contributed by atoms with Crippen LogP contribution in [0.3, 0.4) is 0 Å². The molecular weight excluding hydrogens is 262 g/mol. The van der Waals surface area contributed by atoms with Crippen LogP contribution >= 0.6 is 0 Å². The summed E-state index contributed by atoms with van der Waals surface area (Å²) in [5, 5.41) is 6.19. The van der Waals surface area contributed by atoms with E-state index in [0.717, 1.165) is 17.1 Å². The summed E-state index contributed by atoms with van der Waals surface area (Å²) in [7, 11) is 0. The highest BCUT2D eigenvalue weighted by Gasteiger charge is 1.96. The molecule has 4 nitrogen and oxygen atoms in total. The number of nitrogens with one attached hydrogen (secondary N) is 2. The minimum Gasteiger partial charge on any atom is -0.494 e. The van der Waals surface area contributed by atoms with Gasteiger partial charge in [0.1, 0.15) is 11.6 Å². The van der Waals surface area contributed by atoms with E-state index in [1.165, 1.54) is 0 Å². The molecule has 2 aromatic rings. The van der Waals surface area contributed by atoms with Crippen LogP contribution in [-0.2, 0) is 0 Å². The van der Waals surface area contributed by atoms with Gasteiger partial charge in [0.2, 0.25) is 0 Å². The Labute approximate surface area is 125 Å². The van der Waals surface area contributed by atoms with E-state index in [2.05, 4.69) is 22.2 Å². The van der Waals surface area contributed by atoms with Gasteiger partial charge >= 0.3 is 0 Å². The Morgan fingerprint density at radius 1 is 1.14 bits per heavy atom. The van der Waals surface area contributed by atoms with Gasteiger partial charge in [-0.3, -0.25) is 0 Å². The number of nitrogens with zero attached hydrogens (tertiary/aromatic N) is 1. The van der Waals surface area contributed by atoms with E-state index < -0.39 is 0 Å². The molecule has 2 N–H and O–H groups in total. The van der Waals surface area contributed by atoms with Gasteiger partial charge in [-0.25, -0.2) is 4.99 Å². The van der Waals surface area contributed by atoms with Gasteiger partial charge in [-0.2, -0.15) is 0 Å². The van der Waals surface area contributed by atoms with E-state index in [9.17, 15) is 0 Å². The number of rotatable bonds is 7. The molecule has 0 heterocycles. The van der Waals surface area contributed by atoms with E-state index in [-0.39, 0.29) is 0 Å². The summed E-state index contributed by atoms with van der Waals surface area (Å²) in [4.78, 5) is 4.21. The number of benzene rings is 2. The van der Waals surface area contributed by atoms with Gasteiger partial charge in [-0.15, -0.1) is 0 Å². The number of ether oxygens (including phenoxy) is 1. The lowest BCUT2D eigenvalue weighted by atomic mass is 10.3. The minimum absolute atomic E-state index is 0.548. The van der Waals surface area contributed by atoms with Crippen LogP contribution in [0.15, 0.2) is 72.0 Å². The molecule has 0 amide bonds. The van der Waals surface area contributed by atoms with Gasteiger partial charge in [-0.05, 0) is 31.2 Å². The normalized spacial score (nSPS) is 10.3. The molecule has 0 aliphatic carbocycles. The molecule has 2 rings (SSSR count). The second kappa shape index (κ2) is 7.75. The van der Waals surface area contributed by atoms with Crippen molar-refractivity contribution in [2.24, 2.45) is 4.99 Å². The Bertz CT molecular complexity index is 608. The molecule has 4 heteroatoms. The van der Waals surface area contributed by atoms with Crippen LogP contribution in [0.2, 0.25) is 0 Å². The second-order valence-corrected chi connectivity index (χ2v) is 4.30. The van der Waals surface area contributed by atoms with Crippen molar-refractivity contribution in [3.05, 3.63) is 67.0 Å². The van der Waals surface area contributed by atoms with Gasteiger partial charge in [-0.1, -0.05) is 30.8 Å². The number of aliphatic imine (C=N–C) groups is 1. The van der Waals surface area contributed by atoms with E-state index in [1.807, 2.05) is 61.5 Å². The van der Waals surface area contributed by atoms with Crippen molar-refractivity contribution in [2.75, 3.05) is 17.2 Å². The summed E-state index contributed by atoms with van der Waals surface area (Å²) in [6, 6.07) is 17.5. The monoisotopic (exact) mass is 281 g/mol. The maximum absolute atomic E-state index is 5.45. The van der Waals surface area contributed by atoms with Gasteiger partial charge in [0.15, 0.2) is 0 Å². The van der Waals surface area contributed by atoms with E-state index >= 15 is 0 Å². The fourth-order valence-corrected chi connectivity index (χ4v) is 1.75. The molecule has 0 aliphatic rings. The zero-order valence-corrected chi connectivity index (χ0v) is 12.0. The number of hydrogen-bond donors (Lipinski definition) is 2. The first kappa shape index (κ1) is 14.7. The molecule has 0 aliphatic heterocycles. The first-order valence-electron chi connectivity index (χ1n) is 6.81. The summed E-state index contributed by atoms with van der Waals surface area (Å²) < 4.78 is 5.45. The van der Waals surface area contributed by atoms with Crippen molar-refractivity contribution in [1.29, 1.82) is 0 Å². The Hall–Kier alpha value is -2.75. The number of anilines is 2. The van der Waals surface area contributed by atoms with E-state index in [4.69, 9.17) is 4.74 Å². The zero-order valence-electron chi connectivity index (χ0n) is 12.0. The first-order chi connectivity index (χ1) is 10.3. The SMILES string of the molecule is C=C(/N=C\Nc1ccccc1)Nc1cccc(OCC)c1. The number of hydrogen-bond acceptors (Lipinski definition) is 3. The molecule has 0 atom stereocenters.